The van der Waals surface area contributed by atoms with Crippen molar-refractivity contribution >= 4 is 24.0 Å². The Morgan fingerprint density at radius 1 is 0.952 bits per heavy atom. The SMILES string of the molecule is CC(C)C1=C2[C@H]3CC[C@@H]4[C@@]5(C)CC[C@H](OC(=O)CC(C)(C)C(=O)O)C(C)(C)[C@@H]5CC[C@@]4(C)[C@]3(C)CC[C@@]2(C=O)CC1=O. The third kappa shape index (κ3) is 4.15. The molecule has 1 N–H and O–H groups in total. The van der Waals surface area contributed by atoms with Gasteiger partial charge >= 0.3 is 11.9 Å². The average molecular weight is 583 g/mol. The van der Waals surface area contributed by atoms with E-state index in [1.165, 1.54) is 5.57 Å². The molecule has 6 nitrogen and oxygen atoms in total. The van der Waals surface area contributed by atoms with Crippen LogP contribution >= 0.6 is 0 Å². The lowest BCUT2D eigenvalue weighted by atomic mass is 9.33. The van der Waals surface area contributed by atoms with Crippen molar-refractivity contribution in [3.63, 3.8) is 0 Å². The molecule has 42 heavy (non-hydrogen) atoms. The Kier molecular flexibility index (Phi) is 7.31. The van der Waals surface area contributed by atoms with Crippen LogP contribution in [0.15, 0.2) is 11.1 Å². The number of carbonyl (C=O) groups is 4. The Bertz CT molecular complexity index is 1230. The Morgan fingerprint density at radius 2 is 1.62 bits per heavy atom. The molecule has 0 unspecified atom stereocenters. The van der Waals surface area contributed by atoms with E-state index >= 15 is 0 Å². The zero-order valence-electron chi connectivity index (χ0n) is 27.5. The second-order valence-corrected chi connectivity index (χ2v) is 17.2. The second kappa shape index (κ2) is 9.76. The van der Waals surface area contributed by atoms with Gasteiger partial charge in [0.15, 0.2) is 5.78 Å². The maximum Gasteiger partial charge on any atom is 0.309 e. The first-order valence-corrected chi connectivity index (χ1v) is 16.5. The Labute approximate surface area is 252 Å². The van der Waals surface area contributed by atoms with Crippen LogP contribution in [0.25, 0.3) is 0 Å². The number of aldehydes is 1. The number of ether oxygens (including phenoxy) is 1. The number of allylic oxidation sites excluding steroid dienone is 2. The Hall–Kier alpha value is -1.98. The largest absolute Gasteiger partial charge is 0.481 e. The topological polar surface area (TPSA) is 97.7 Å². The van der Waals surface area contributed by atoms with Crippen LogP contribution in [0, 0.1) is 56.2 Å². The summed E-state index contributed by atoms with van der Waals surface area (Å²) in [6.45, 7) is 19.4. The van der Waals surface area contributed by atoms with E-state index < -0.39 is 22.8 Å². The molecule has 0 aromatic carbocycles. The third-order valence-corrected chi connectivity index (χ3v) is 14.1. The fourth-order valence-electron chi connectivity index (χ4n) is 11.6. The van der Waals surface area contributed by atoms with E-state index in [0.29, 0.717) is 18.3 Å². The quantitative estimate of drug-likeness (QED) is 0.256. The summed E-state index contributed by atoms with van der Waals surface area (Å²) in [6.07, 6.45) is 8.94. The maximum atomic E-state index is 13.3. The third-order valence-electron chi connectivity index (χ3n) is 14.1. The lowest BCUT2D eigenvalue weighted by Gasteiger charge is -2.72. The molecule has 5 rings (SSSR count). The van der Waals surface area contributed by atoms with Crippen molar-refractivity contribution in [2.45, 2.75) is 133 Å². The van der Waals surface area contributed by atoms with Gasteiger partial charge in [0.25, 0.3) is 0 Å². The number of aliphatic carboxylic acids is 1. The van der Waals surface area contributed by atoms with Gasteiger partial charge in [-0.05, 0) is 116 Å². The number of hydrogen-bond acceptors (Lipinski definition) is 5. The number of rotatable bonds is 6. The minimum absolute atomic E-state index is 0.0202. The number of carbonyl (C=O) groups excluding carboxylic acids is 3. The highest BCUT2D eigenvalue weighted by Crippen LogP contribution is 2.76. The number of carboxylic acids is 1. The Morgan fingerprint density at radius 3 is 2.21 bits per heavy atom. The number of hydrogen-bond donors (Lipinski definition) is 1. The number of carboxylic acid groups (broad SMARTS) is 1. The van der Waals surface area contributed by atoms with Crippen LogP contribution in [0.3, 0.4) is 0 Å². The van der Waals surface area contributed by atoms with Gasteiger partial charge in [-0.2, -0.15) is 0 Å². The van der Waals surface area contributed by atoms with Gasteiger partial charge in [0.2, 0.25) is 0 Å². The molecule has 5 aliphatic carbocycles. The van der Waals surface area contributed by atoms with Crippen LogP contribution in [0.1, 0.15) is 127 Å². The normalized spacial score (nSPS) is 42.8. The Balaban J connectivity index is 1.45. The minimum atomic E-state index is -1.15. The number of Topliss-reactive ketones (excluding diaryl/α,β-unsaturated/α-hetero) is 1. The molecule has 0 aromatic heterocycles. The maximum absolute atomic E-state index is 13.3. The highest BCUT2D eigenvalue weighted by Gasteiger charge is 2.70. The van der Waals surface area contributed by atoms with Crippen LogP contribution < -0.4 is 0 Å². The zero-order chi connectivity index (χ0) is 31.3. The van der Waals surface area contributed by atoms with E-state index in [0.717, 1.165) is 63.2 Å². The van der Waals surface area contributed by atoms with E-state index in [1.54, 1.807) is 13.8 Å². The lowest BCUT2D eigenvalue weighted by Crippen LogP contribution is -2.65. The van der Waals surface area contributed by atoms with Crippen molar-refractivity contribution in [2.24, 2.45) is 56.2 Å². The van der Waals surface area contributed by atoms with E-state index in [-0.39, 0.29) is 51.8 Å². The summed E-state index contributed by atoms with van der Waals surface area (Å²) in [5, 5.41) is 9.51. The standard InChI is InChI=1S/C36H54O6/c1-21(2)28-23(38)18-36(20-37)17-16-34(8)22(29(28)36)10-11-25-33(7)14-13-26(42-27(39)19-31(3,4)30(40)41)32(5,6)24(33)12-15-35(25,34)9/h20-22,24-26H,10-19H2,1-9H3,(H,40,41)/t22-,24+,25-,26+,33+,34-,35-,36+/m1/s1. The molecule has 5 aliphatic rings. The molecular formula is C36H54O6. The summed E-state index contributed by atoms with van der Waals surface area (Å²) in [4.78, 5) is 50.6. The second-order valence-electron chi connectivity index (χ2n) is 17.2. The summed E-state index contributed by atoms with van der Waals surface area (Å²) >= 11 is 0. The van der Waals surface area contributed by atoms with Crippen molar-refractivity contribution < 1.29 is 29.0 Å². The van der Waals surface area contributed by atoms with Gasteiger partial charge in [0, 0.05) is 11.8 Å². The van der Waals surface area contributed by atoms with Gasteiger partial charge in [-0.15, -0.1) is 0 Å². The van der Waals surface area contributed by atoms with E-state index in [1.807, 2.05) is 0 Å². The molecule has 4 fully saturated rings. The van der Waals surface area contributed by atoms with E-state index in [9.17, 15) is 24.3 Å². The molecule has 0 radical (unpaired) electrons. The van der Waals surface area contributed by atoms with Crippen molar-refractivity contribution in [1.82, 2.24) is 0 Å². The lowest BCUT2D eigenvalue weighted by molar-refractivity contribution is -0.233. The highest BCUT2D eigenvalue weighted by molar-refractivity contribution is 6.03. The molecule has 234 valence electrons. The fraction of sp³-hybridized carbons (Fsp3) is 0.833. The summed E-state index contributed by atoms with van der Waals surface area (Å²) in [6, 6.07) is 0. The predicted molar refractivity (Wildman–Crippen MR) is 161 cm³/mol. The summed E-state index contributed by atoms with van der Waals surface area (Å²) in [5.41, 5.74) is 0.390. The van der Waals surface area contributed by atoms with Crippen LogP contribution in [-0.2, 0) is 23.9 Å². The van der Waals surface area contributed by atoms with Crippen LogP contribution in [-0.4, -0.2) is 35.2 Å². The van der Waals surface area contributed by atoms with Crippen LogP contribution in [0.2, 0.25) is 0 Å². The monoisotopic (exact) mass is 582 g/mol. The van der Waals surface area contributed by atoms with Crippen LogP contribution in [0.4, 0.5) is 0 Å². The molecule has 0 heterocycles. The van der Waals surface area contributed by atoms with Gasteiger partial charge < -0.3 is 14.6 Å². The fourth-order valence-corrected chi connectivity index (χ4v) is 11.6. The first-order chi connectivity index (χ1) is 19.3. The first-order valence-electron chi connectivity index (χ1n) is 16.5. The highest BCUT2D eigenvalue weighted by atomic mass is 16.5. The van der Waals surface area contributed by atoms with Gasteiger partial charge in [0.1, 0.15) is 12.4 Å². The summed E-state index contributed by atoms with van der Waals surface area (Å²) < 4.78 is 6.10. The van der Waals surface area contributed by atoms with Crippen molar-refractivity contribution in [3.8, 4) is 0 Å². The van der Waals surface area contributed by atoms with Crippen LogP contribution in [0.5, 0.6) is 0 Å². The smallest absolute Gasteiger partial charge is 0.309 e. The van der Waals surface area contributed by atoms with Crippen molar-refractivity contribution in [3.05, 3.63) is 11.1 Å². The van der Waals surface area contributed by atoms with Gasteiger partial charge in [-0.1, -0.05) is 48.5 Å². The molecule has 0 aliphatic heterocycles. The van der Waals surface area contributed by atoms with E-state index in [4.69, 9.17) is 4.74 Å². The number of ketones is 1. The predicted octanol–water partition coefficient (Wildman–Crippen LogP) is 7.58. The molecule has 0 saturated heterocycles. The molecule has 0 spiro atoms. The van der Waals surface area contributed by atoms with Crippen molar-refractivity contribution in [2.75, 3.05) is 0 Å². The van der Waals surface area contributed by atoms with Crippen molar-refractivity contribution in [1.29, 1.82) is 0 Å². The van der Waals surface area contributed by atoms with Gasteiger partial charge in [-0.3, -0.25) is 14.4 Å². The molecule has 0 bridgehead atoms. The number of esters is 1. The molecular weight excluding hydrogens is 528 g/mol. The summed E-state index contributed by atoms with van der Waals surface area (Å²) in [5.74, 6) is 0.0886. The molecule has 0 aromatic rings. The van der Waals surface area contributed by atoms with Gasteiger partial charge in [0.05, 0.1) is 17.3 Å². The van der Waals surface area contributed by atoms with E-state index in [2.05, 4.69) is 48.5 Å². The molecule has 0 amide bonds. The summed E-state index contributed by atoms with van der Waals surface area (Å²) in [7, 11) is 0. The molecule has 4 saturated carbocycles. The minimum Gasteiger partial charge on any atom is -0.481 e. The first kappa shape index (κ1) is 31.4. The molecule has 6 heteroatoms. The number of fused-ring (bicyclic) bond motifs is 7. The van der Waals surface area contributed by atoms with Gasteiger partial charge in [-0.25, -0.2) is 0 Å². The zero-order valence-corrected chi connectivity index (χ0v) is 27.5. The average Bonchev–Trinajstić information content (AvgIpc) is 3.18. The molecule has 8 atom stereocenters.